The molecule has 0 radical (unpaired) electrons. The van der Waals surface area contributed by atoms with Crippen molar-refractivity contribution >= 4 is 11.6 Å². The van der Waals surface area contributed by atoms with Gasteiger partial charge in [0.05, 0.1) is 30.7 Å². The lowest BCUT2D eigenvalue weighted by Crippen LogP contribution is -2.19. The lowest BCUT2D eigenvalue weighted by molar-refractivity contribution is 0.101. The van der Waals surface area contributed by atoms with Crippen LogP contribution in [0.5, 0.6) is 5.75 Å². The number of hydrogen-bond acceptors (Lipinski definition) is 5. The summed E-state index contributed by atoms with van der Waals surface area (Å²) < 4.78 is 12.6. The van der Waals surface area contributed by atoms with Gasteiger partial charge in [-0.2, -0.15) is 5.10 Å². The van der Waals surface area contributed by atoms with Crippen LogP contribution in [-0.2, 0) is 19.4 Å². The van der Waals surface area contributed by atoms with Crippen LogP contribution in [0.3, 0.4) is 0 Å². The normalized spacial score (nSPS) is 15.5. The van der Waals surface area contributed by atoms with Crippen molar-refractivity contribution in [2.75, 3.05) is 12.4 Å². The molecule has 1 unspecified atom stereocenters. The van der Waals surface area contributed by atoms with Crippen molar-refractivity contribution in [1.82, 2.24) is 14.9 Å². The Bertz CT molecular complexity index is 1070. The zero-order valence-corrected chi connectivity index (χ0v) is 18.7. The predicted molar refractivity (Wildman–Crippen MR) is 119 cm³/mol. The fourth-order valence-electron chi connectivity index (χ4n) is 4.42. The summed E-state index contributed by atoms with van der Waals surface area (Å²) in [5, 5.41) is 11.8. The molecule has 1 aromatic carbocycles. The van der Waals surface area contributed by atoms with Crippen LogP contribution in [0.15, 0.2) is 28.8 Å². The van der Waals surface area contributed by atoms with Gasteiger partial charge in [-0.05, 0) is 50.3 Å². The molecule has 0 spiro atoms. The van der Waals surface area contributed by atoms with Crippen molar-refractivity contribution in [2.45, 2.75) is 59.4 Å². The van der Waals surface area contributed by atoms with E-state index in [-0.39, 0.29) is 5.91 Å². The van der Waals surface area contributed by atoms with E-state index in [0.717, 1.165) is 65.4 Å². The van der Waals surface area contributed by atoms with E-state index in [1.54, 1.807) is 7.11 Å². The van der Waals surface area contributed by atoms with Gasteiger partial charge in [-0.3, -0.25) is 9.48 Å². The van der Waals surface area contributed by atoms with E-state index in [9.17, 15) is 4.79 Å². The minimum absolute atomic E-state index is 0.225. The molecule has 4 rings (SSSR count). The minimum atomic E-state index is -0.225. The van der Waals surface area contributed by atoms with Gasteiger partial charge in [0, 0.05) is 12.0 Å². The summed E-state index contributed by atoms with van der Waals surface area (Å²) in [6, 6.07) is 7.90. The number of nitrogens with zero attached hydrogens (tertiary/aromatic N) is 3. The predicted octanol–water partition coefficient (Wildman–Crippen LogP) is 4.70. The Labute approximate surface area is 182 Å². The van der Waals surface area contributed by atoms with Gasteiger partial charge in [-0.1, -0.05) is 37.1 Å². The molecular formula is C24H30N4O3. The number of aryl methyl sites for hydroxylation is 2. The third-order valence-electron chi connectivity index (χ3n) is 6.17. The molecule has 1 atom stereocenters. The zero-order chi connectivity index (χ0) is 22.0. The number of fused-ring (bicyclic) bond motifs is 1. The molecule has 164 valence electrons. The number of anilines is 1. The molecule has 7 heteroatoms. The Morgan fingerprint density at radius 2 is 2.06 bits per heavy atom. The highest BCUT2D eigenvalue weighted by atomic mass is 16.5. The maximum Gasteiger partial charge on any atom is 0.278 e. The SMILES string of the molecule is CCCC1CCc2onc(C(=O)Nc3c(C)nn(Cc4ccc(OC)cc4)c3C)c2C1. The van der Waals surface area contributed by atoms with Crippen LogP contribution in [-0.4, -0.2) is 28.0 Å². The number of amides is 1. The molecule has 0 saturated heterocycles. The van der Waals surface area contributed by atoms with E-state index in [0.29, 0.717) is 18.2 Å². The topological polar surface area (TPSA) is 82.2 Å². The van der Waals surface area contributed by atoms with Crippen LogP contribution in [0.1, 0.15) is 64.9 Å². The number of methoxy groups -OCH3 is 1. The summed E-state index contributed by atoms with van der Waals surface area (Å²) in [4.78, 5) is 13.1. The van der Waals surface area contributed by atoms with Gasteiger partial charge >= 0.3 is 0 Å². The summed E-state index contributed by atoms with van der Waals surface area (Å²) in [7, 11) is 1.65. The van der Waals surface area contributed by atoms with E-state index in [1.807, 2.05) is 42.8 Å². The van der Waals surface area contributed by atoms with Crippen molar-refractivity contribution in [1.29, 1.82) is 0 Å². The highest BCUT2D eigenvalue weighted by molar-refractivity contribution is 6.04. The second-order valence-corrected chi connectivity index (χ2v) is 8.34. The molecule has 0 fully saturated rings. The Kier molecular flexibility index (Phi) is 6.11. The first-order valence-electron chi connectivity index (χ1n) is 11.0. The van der Waals surface area contributed by atoms with E-state index in [4.69, 9.17) is 9.26 Å². The Morgan fingerprint density at radius 1 is 1.29 bits per heavy atom. The molecule has 1 amide bonds. The molecule has 1 N–H and O–H groups in total. The molecule has 0 aliphatic heterocycles. The summed E-state index contributed by atoms with van der Waals surface area (Å²) in [6.07, 6.45) is 5.15. The molecule has 1 aliphatic rings. The maximum atomic E-state index is 13.1. The fourth-order valence-corrected chi connectivity index (χ4v) is 4.42. The molecule has 2 aromatic heterocycles. The quantitative estimate of drug-likeness (QED) is 0.597. The van der Waals surface area contributed by atoms with Crippen molar-refractivity contribution in [3.8, 4) is 5.75 Å². The van der Waals surface area contributed by atoms with Crippen LogP contribution in [0, 0.1) is 19.8 Å². The monoisotopic (exact) mass is 422 g/mol. The van der Waals surface area contributed by atoms with E-state index in [1.165, 1.54) is 6.42 Å². The van der Waals surface area contributed by atoms with Gasteiger partial charge in [0.2, 0.25) is 0 Å². The summed E-state index contributed by atoms with van der Waals surface area (Å²) in [5.41, 5.74) is 4.91. The number of nitrogens with one attached hydrogen (secondary N) is 1. The third kappa shape index (κ3) is 4.36. The molecule has 2 heterocycles. The van der Waals surface area contributed by atoms with E-state index < -0.39 is 0 Å². The van der Waals surface area contributed by atoms with Crippen LogP contribution in [0.25, 0.3) is 0 Å². The van der Waals surface area contributed by atoms with Crippen molar-refractivity contribution in [3.63, 3.8) is 0 Å². The third-order valence-corrected chi connectivity index (χ3v) is 6.17. The Balaban J connectivity index is 1.51. The van der Waals surface area contributed by atoms with E-state index >= 15 is 0 Å². The number of ether oxygens (including phenoxy) is 1. The van der Waals surface area contributed by atoms with Gasteiger partial charge in [0.1, 0.15) is 11.5 Å². The number of rotatable bonds is 7. The zero-order valence-electron chi connectivity index (χ0n) is 18.7. The largest absolute Gasteiger partial charge is 0.497 e. The first kappa shape index (κ1) is 21.2. The number of hydrogen-bond donors (Lipinski definition) is 1. The van der Waals surface area contributed by atoms with Gasteiger partial charge in [0.15, 0.2) is 5.69 Å². The number of aromatic nitrogens is 3. The Morgan fingerprint density at radius 3 is 2.77 bits per heavy atom. The number of carbonyl (C=O) groups excluding carboxylic acids is 1. The minimum Gasteiger partial charge on any atom is -0.497 e. The Hall–Kier alpha value is -3.09. The van der Waals surface area contributed by atoms with Crippen LogP contribution < -0.4 is 10.1 Å². The molecular weight excluding hydrogens is 392 g/mol. The van der Waals surface area contributed by atoms with E-state index in [2.05, 4.69) is 22.5 Å². The molecule has 7 nitrogen and oxygen atoms in total. The number of benzene rings is 1. The first-order valence-corrected chi connectivity index (χ1v) is 11.0. The average Bonchev–Trinajstić information content (AvgIpc) is 3.30. The van der Waals surface area contributed by atoms with Crippen molar-refractivity contribution < 1.29 is 14.1 Å². The molecule has 3 aromatic rings. The van der Waals surface area contributed by atoms with Crippen molar-refractivity contribution in [3.05, 3.63) is 58.2 Å². The summed E-state index contributed by atoms with van der Waals surface area (Å²) >= 11 is 0. The maximum absolute atomic E-state index is 13.1. The van der Waals surface area contributed by atoms with Gasteiger partial charge in [0.25, 0.3) is 5.91 Å². The molecule has 1 aliphatic carbocycles. The smallest absolute Gasteiger partial charge is 0.278 e. The van der Waals surface area contributed by atoms with Gasteiger partial charge < -0.3 is 14.6 Å². The average molecular weight is 423 g/mol. The standard InChI is InChI=1S/C24H30N4O3/c1-5-6-17-9-12-21-20(13-17)23(27-31-21)24(29)25-22-15(2)26-28(16(22)3)14-18-7-10-19(30-4)11-8-18/h7-8,10-11,17H,5-6,9,12-14H2,1-4H3,(H,25,29). The van der Waals surface area contributed by atoms with Gasteiger partial charge in [-0.25, -0.2) is 0 Å². The lowest BCUT2D eigenvalue weighted by Gasteiger charge is -2.20. The highest BCUT2D eigenvalue weighted by Gasteiger charge is 2.29. The number of carbonyl (C=O) groups is 1. The molecule has 0 bridgehead atoms. The summed E-state index contributed by atoms with van der Waals surface area (Å²) in [6.45, 7) is 6.69. The van der Waals surface area contributed by atoms with Crippen LogP contribution in [0.4, 0.5) is 5.69 Å². The lowest BCUT2D eigenvalue weighted by atomic mass is 9.84. The molecule has 0 saturated carbocycles. The van der Waals surface area contributed by atoms with Crippen LogP contribution >= 0.6 is 0 Å². The second-order valence-electron chi connectivity index (χ2n) is 8.34. The fraction of sp³-hybridized carbons (Fsp3) is 0.458. The van der Waals surface area contributed by atoms with Gasteiger partial charge in [-0.15, -0.1) is 0 Å². The summed E-state index contributed by atoms with van der Waals surface area (Å²) in [5.74, 6) is 2.06. The first-order chi connectivity index (χ1) is 15.0. The molecule has 31 heavy (non-hydrogen) atoms. The second kappa shape index (κ2) is 8.96. The van der Waals surface area contributed by atoms with Crippen molar-refractivity contribution in [2.24, 2.45) is 5.92 Å². The highest BCUT2D eigenvalue weighted by Crippen LogP contribution is 2.31. The van der Waals surface area contributed by atoms with Crippen LogP contribution in [0.2, 0.25) is 0 Å².